The van der Waals surface area contributed by atoms with Crippen LogP contribution < -0.4 is 9.80 Å². The van der Waals surface area contributed by atoms with Crippen molar-refractivity contribution in [3.63, 3.8) is 0 Å². The van der Waals surface area contributed by atoms with Crippen LogP contribution in [-0.2, 0) is 5.41 Å². The molecule has 1 aliphatic rings. The van der Waals surface area contributed by atoms with Crippen molar-refractivity contribution in [1.82, 2.24) is 0 Å². The molecule has 0 unspecified atom stereocenters. The van der Waals surface area contributed by atoms with Crippen LogP contribution in [-0.4, -0.2) is 0 Å². The van der Waals surface area contributed by atoms with Gasteiger partial charge in [-0.2, -0.15) is 0 Å². The maximum absolute atomic E-state index is 2.43. The minimum Gasteiger partial charge on any atom is -0.310 e. The summed E-state index contributed by atoms with van der Waals surface area (Å²) in [4.78, 5) is 4.79. The summed E-state index contributed by atoms with van der Waals surface area (Å²) in [6.07, 6.45) is 0. The maximum atomic E-state index is 2.43. The van der Waals surface area contributed by atoms with E-state index in [-0.39, 0.29) is 5.41 Å². The highest BCUT2D eigenvalue weighted by Crippen LogP contribution is 2.53. The van der Waals surface area contributed by atoms with Crippen molar-refractivity contribution >= 4 is 34.1 Å². The fraction of sp³-hybridized carbons (Fsp3) is 0.0400. The first-order valence-corrected chi connectivity index (χ1v) is 26.6. The molecule has 12 aromatic carbocycles. The number of fused-ring (bicyclic) bond motifs is 3. The van der Waals surface area contributed by atoms with Crippen LogP contribution >= 0.6 is 0 Å². The molecule has 0 N–H and O–H groups in total. The Bertz CT molecular complexity index is 3620. The standard InChI is InChI=1S/C75H56N2/c1-75(2)73-51-69(76(65-29-17-7-18-30-65)67-37-33-57(34-38-67)63-47-59(53-21-9-3-10-22-53)45-60(48-63)54-23-11-4-12-24-54)41-43-71(73)72-44-42-70(52-74(72)75)77(66-31-19-8-20-32-66)68-39-35-58(36-40-68)64-49-61(55-25-13-5-14-26-55)46-62(50-64)56-27-15-6-16-28-56/h3-52H,1-2H3. The van der Waals surface area contributed by atoms with E-state index < -0.39 is 0 Å². The van der Waals surface area contributed by atoms with Crippen LogP contribution in [0.4, 0.5) is 34.1 Å². The van der Waals surface area contributed by atoms with Crippen molar-refractivity contribution in [2.75, 3.05) is 9.80 Å². The quantitative estimate of drug-likeness (QED) is 0.120. The molecule has 0 atom stereocenters. The third-order valence-corrected chi connectivity index (χ3v) is 15.4. The van der Waals surface area contributed by atoms with E-state index >= 15 is 0 Å². The lowest BCUT2D eigenvalue weighted by Crippen LogP contribution is -2.17. The molecular weight excluding hydrogens is 929 g/mol. The van der Waals surface area contributed by atoms with Crippen LogP contribution in [0.1, 0.15) is 25.0 Å². The number of benzene rings is 12. The van der Waals surface area contributed by atoms with Crippen molar-refractivity contribution in [3.8, 4) is 77.9 Å². The molecule has 0 spiro atoms. The van der Waals surface area contributed by atoms with E-state index in [0.717, 1.165) is 34.1 Å². The highest BCUT2D eigenvalue weighted by atomic mass is 15.1. The predicted octanol–water partition coefficient (Wildman–Crippen LogP) is 20.9. The van der Waals surface area contributed by atoms with Crippen molar-refractivity contribution in [2.45, 2.75) is 19.3 Å². The second kappa shape index (κ2) is 20.2. The zero-order chi connectivity index (χ0) is 51.7. The summed E-state index contributed by atoms with van der Waals surface area (Å²) in [6.45, 7) is 4.77. The molecule has 0 saturated heterocycles. The lowest BCUT2D eigenvalue weighted by atomic mass is 9.82. The van der Waals surface area contributed by atoms with Crippen LogP contribution in [0.15, 0.2) is 303 Å². The van der Waals surface area contributed by atoms with Crippen LogP contribution in [0.25, 0.3) is 77.9 Å². The van der Waals surface area contributed by atoms with Gasteiger partial charge in [0.05, 0.1) is 0 Å². The molecule has 77 heavy (non-hydrogen) atoms. The first-order chi connectivity index (χ1) is 37.9. The first-order valence-electron chi connectivity index (χ1n) is 26.6. The van der Waals surface area contributed by atoms with Crippen LogP contribution in [0.2, 0.25) is 0 Å². The Balaban J connectivity index is 0.838. The maximum Gasteiger partial charge on any atom is 0.0465 e. The highest BCUT2D eigenvalue weighted by Gasteiger charge is 2.37. The molecule has 2 heteroatoms. The molecule has 0 saturated carbocycles. The van der Waals surface area contributed by atoms with Gasteiger partial charge in [0, 0.05) is 39.5 Å². The average Bonchev–Trinajstić information content (AvgIpc) is 3.90. The number of hydrogen-bond donors (Lipinski definition) is 0. The van der Waals surface area contributed by atoms with E-state index in [1.54, 1.807) is 0 Å². The molecule has 0 aromatic heterocycles. The minimum atomic E-state index is -0.282. The Morgan fingerprint density at radius 1 is 0.195 bits per heavy atom. The largest absolute Gasteiger partial charge is 0.310 e. The predicted molar refractivity (Wildman–Crippen MR) is 326 cm³/mol. The van der Waals surface area contributed by atoms with E-state index in [2.05, 4.69) is 327 Å². The molecule has 0 radical (unpaired) electrons. The van der Waals surface area contributed by atoms with E-state index in [1.807, 2.05) is 0 Å². The number of para-hydroxylation sites is 2. The number of hydrogen-bond acceptors (Lipinski definition) is 2. The Hall–Kier alpha value is -9.76. The first kappa shape index (κ1) is 47.0. The van der Waals surface area contributed by atoms with Crippen molar-refractivity contribution in [2.24, 2.45) is 0 Å². The van der Waals surface area contributed by atoms with E-state index in [4.69, 9.17) is 0 Å². The lowest BCUT2D eigenvalue weighted by Gasteiger charge is -2.29. The normalized spacial score (nSPS) is 12.1. The number of anilines is 6. The van der Waals surface area contributed by atoms with E-state index in [1.165, 1.54) is 89.0 Å². The van der Waals surface area contributed by atoms with Crippen molar-refractivity contribution in [1.29, 1.82) is 0 Å². The summed E-state index contributed by atoms with van der Waals surface area (Å²) in [5.41, 5.74) is 25.9. The summed E-state index contributed by atoms with van der Waals surface area (Å²) in [7, 11) is 0. The summed E-state index contributed by atoms with van der Waals surface area (Å²) in [5, 5.41) is 0. The van der Waals surface area contributed by atoms with Gasteiger partial charge in [-0.3, -0.25) is 0 Å². The molecule has 12 aromatic rings. The van der Waals surface area contributed by atoms with Gasteiger partial charge in [0.25, 0.3) is 0 Å². The van der Waals surface area contributed by atoms with Crippen molar-refractivity contribution in [3.05, 3.63) is 314 Å². The molecule has 0 fully saturated rings. The Morgan fingerprint density at radius 2 is 0.416 bits per heavy atom. The summed E-state index contributed by atoms with van der Waals surface area (Å²) in [5.74, 6) is 0. The van der Waals surface area contributed by atoms with Gasteiger partial charge in [-0.05, 0) is 198 Å². The van der Waals surface area contributed by atoms with E-state index in [0.29, 0.717) is 0 Å². The van der Waals surface area contributed by atoms with Gasteiger partial charge in [0.2, 0.25) is 0 Å². The van der Waals surface area contributed by atoms with Crippen molar-refractivity contribution < 1.29 is 0 Å². The number of nitrogens with zero attached hydrogens (tertiary/aromatic N) is 2. The molecule has 1 aliphatic carbocycles. The SMILES string of the molecule is CC1(C)c2cc(N(c3ccccc3)c3ccc(-c4cc(-c5ccccc5)cc(-c5ccccc5)c4)cc3)ccc2-c2ccc(N(c3ccccc3)c3ccc(-c4cc(-c5ccccc5)cc(-c5ccccc5)c4)cc3)cc21. The van der Waals surface area contributed by atoms with Crippen LogP contribution in [0.3, 0.4) is 0 Å². The minimum absolute atomic E-state index is 0.282. The molecule has 0 heterocycles. The third-order valence-electron chi connectivity index (χ3n) is 15.4. The fourth-order valence-corrected chi connectivity index (χ4v) is 11.4. The molecule has 0 aliphatic heterocycles. The molecule has 0 amide bonds. The smallest absolute Gasteiger partial charge is 0.0465 e. The van der Waals surface area contributed by atoms with Gasteiger partial charge in [0.15, 0.2) is 0 Å². The number of rotatable bonds is 12. The van der Waals surface area contributed by atoms with Gasteiger partial charge < -0.3 is 9.80 Å². The third kappa shape index (κ3) is 9.21. The summed E-state index contributed by atoms with van der Waals surface area (Å²) in [6, 6.07) is 110. The van der Waals surface area contributed by atoms with Crippen LogP contribution in [0.5, 0.6) is 0 Å². The molecule has 0 bridgehead atoms. The second-order valence-corrected chi connectivity index (χ2v) is 20.6. The zero-order valence-corrected chi connectivity index (χ0v) is 43.3. The summed E-state index contributed by atoms with van der Waals surface area (Å²) >= 11 is 0. The molecular formula is C75H56N2. The van der Waals surface area contributed by atoms with Gasteiger partial charge in [-0.25, -0.2) is 0 Å². The molecule has 13 rings (SSSR count). The lowest BCUT2D eigenvalue weighted by molar-refractivity contribution is 0.660. The monoisotopic (exact) mass is 984 g/mol. The van der Waals surface area contributed by atoms with Gasteiger partial charge in [0.1, 0.15) is 0 Å². The topological polar surface area (TPSA) is 6.48 Å². The van der Waals surface area contributed by atoms with Gasteiger partial charge in [-0.15, -0.1) is 0 Å². The van der Waals surface area contributed by atoms with Gasteiger partial charge in [-0.1, -0.05) is 208 Å². The Morgan fingerprint density at radius 3 is 0.688 bits per heavy atom. The molecule has 366 valence electrons. The highest BCUT2D eigenvalue weighted by molar-refractivity contribution is 5.90. The second-order valence-electron chi connectivity index (χ2n) is 20.6. The van der Waals surface area contributed by atoms with Crippen LogP contribution in [0, 0.1) is 0 Å². The zero-order valence-electron chi connectivity index (χ0n) is 43.3. The van der Waals surface area contributed by atoms with Gasteiger partial charge >= 0.3 is 0 Å². The Kier molecular flexibility index (Phi) is 12.3. The Labute approximate surface area is 453 Å². The average molecular weight is 985 g/mol. The molecule has 2 nitrogen and oxygen atoms in total. The fourth-order valence-electron chi connectivity index (χ4n) is 11.4. The van der Waals surface area contributed by atoms with E-state index in [9.17, 15) is 0 Å². The summed E-state index contributed by atoms with van der Waals surface area (Å²) < 4.78 is 0.